The van der Waals surface area contributed by atoms with Crippen molar-refractivity contribution in [2.24, 2.45) is 34.4 Å². The van der Waals surface area contributed by atoms with Crippen molar-refractivity contribution in [3.05, 3.63) is 0 Å². The zero-order chi connectivity index (χ0) is 51.9. The van der Waals surface area contributed by atoms with E-state index in [9.17, 15) is 0 Å². The summed E-state index contributed by atoms with van der Waals surface area (Å²) in [5, 5.41) is 0. The van der Waals surface area contributed by atoms with E-state index in [2.05, 4.69) is 40.8 Å². The molecule has 5 fully saturated rings. The standard InChI is InChI=1S/C16H39N3O5Si3.C10H25NO3Si.C9H21NO3Si.C8H17NO3Si.4CH4/c1-14-16-15(2)21-26(4,12-6-9-18)24-27(22-16,13-7-10-19)23-25(3,20-14)11-5-8-17;1-5-12-15(13-6-2,9-7-8-11)14-10(3)4;1-4-11-14(7-5-6-10)12-8(2)9(3)13-14;1-6-8-7(2)11-13(10-6,12-8)5-3-4-9;;;;/h14-16H,5-13,17-19H2,1-4H3;10H,5-9,11H2,1-4H3;8-9H,4-7,10H2,1-3H3;6-8H,3-5,9H2,1-2H3;4*1H4/t14-,15+,16?,25-,26+,27?;;8-,9+,14?;6-,7+,8?,13?;;;;. The molecule has 5 aliphatic rings. The molecule has 5 unspecified atom stereocenters. The number of rotatable bonds is 26. The number of hydrogen-bond donors (Lipinski definition) is 6. The highest BCUT2D eigenvalue weighted by atomic mass is 28.5. The molecule has 0 amide bonds. The molecule has 5 saturated heterocycles. The molecule has 4 bridgehead atoms. The van der Waals surface area contributed by atoms with E-state index in [0.29, 0.717) is 65.1 Å². The Morgan fingerprint density at radius 3 is 1.16 bits per heavy atom. The maximum absolute atomic E-state index is 6.76. The lowest BCUT2D eigenvalue weighted by Crippen LogP contribution is -2.59. The van der Waals surface area contributed by atoms with Gasteiger partial charge in [-0.1, -0.05) is 29.7 Å². The van der Waals surface area contributed by atoms with Crippen molar-refractivity contribution >= 4 is 52.3 Å². The van der Waals surface area contributed by atoms with Crippen LogP contribution in [-0.2, 0) is 61.3 Å². The monoisotopic (exact) mass is 1160 g/mol. The molecular weight excluding hydrogens is 1040 g/mol. The summed E-state index contributed by atoms with van der Waals surface area (Å²) in [6.45, 7) is 32.1. The highest BCUT2D eigenvalue weighted by Crippen LogP contribution is 2.42. The Bertz CT molecular complexity index is 1330. The van der Waals surface area contributed by atoms with Gasteiger partial charge in [-0.25, -0.2) is 0 Å². The third-order valence-corrected chi connectivity index (χ3v) is 33.4. The van der Waals surface area contributed by atoms with Crippen LogP contribution in [-0.4, -0.2) is 166 Å². The van der Waals surface area contributed by atoms with Crippen molar-refractivity contribution < 1.29 is 61.3 Å². The molecule has 0 aliphatic carbocycles. The van der Waals surface area contributed by atoms with E-state index in [1.165, 1.54) is 0 Å². The normalized spacial score (nSPS) is 34.2. The second-order valence-electron chi connectivity index (χ2n) is 19.1. The van der Waals surface area contributed by atoms with Crippen LogP contribution in [0.25, 0.3) is 0 Å². The first-order chi connectivity index (χ1) is 32.6. The Balaban J connectivity index is -0.000000924. The van der Waals surface area contributed by atoms with E-state index in [1.54, 1.807) is 0 Å². The largest absolute Gasteiger partial charge is 0.502 e. The number of nitrogens with two attached hydrogens (primary N) is 6. The zero-order valence-electron chi connectivity index (χ0n) is 45.2. The van der Waals surface area contributed by atoms with E-state index < -0.39 is 52.3 Å². The van der Waals surface area contributed by atoms with Crippen molar-refractivity contribution in [2.45, 2.75) is 249 Å². The molecule has 26 heteroatoms. The summed E-state index contributed by atoms with van der Waals surface area (Å²) in [5.74, 6) is 0. The minimum absolute atomic E-state index is 0. The van der Waals surface area contributed by atoms with Crippen molar-refractivity contribution in [3.63, 3.8) is 0 Å². The summed E-state index contributed by atoms with van der Waals surface area (Å²) in [6, 6.07) is 4.88. The van der Waals surface area contributed by atoms with Gasteiger partial charge >= 0.3 is 52.3 Å². The van der Waals surface area contributed by atoms with Gasteiger partial charge in [-0.15, -0.1) is 0 Å². The van der Waals surface area contributed by atoms with E-state index >= 15 is 0 Å². The molecule has 20 nitrogen and oxygen atoms in total. The smallest absolute Gasteiger partial charge is 0.393 e. The first kappa shape index (κ1) is 77.7. The van der Waals surface area contributed by atoms with Crippen LogP contribution in [0.1, 0.15) is 144 Å². The predicted molar refractivity (Wildman–Crippen MR) is 310 cm³/mol. The van der Waals surface area contributed by atoms with Gasteiger partial charge in [0.1, 0.15) is 0 Å². The lowest BCUT2D eigenvalue weighted by atomic mass is 10.1. The average Bonchev–Trinajstić information content (AvgIpc) is 3.84. The molecule has 0 saturated carbocycles. The molecular formula is C47H118N6O14Si6. The van der Waals surface area contributed by atoms with Gasteiger partial charge in [0.25, 0.3) is 0 Å². The molecule has 444 valence electrons. The van der Waals surface area contributed by atoms with Crippen LogP contribution in [0, 0.1) is 0 Å². The lowest BCUT2D eigenvalue weighted by Gasteiger charge is -2.39. The first-order valence-corrected chi connectivity index (χ1v) is 39.0. The van der Waals surface area contributed by atoms with Crippen LogP contribution >= 0.6 is 0 Å². The van der Waals surface area contributed by atoms with Crippen LogP contribution in [0.4, 0.5) is 0 Å². The second kappa shape index (κ2) is 38.2. The lowest BCUT2D eigenvalue weighted by molar-refractivity contribution is -0.00900. The fourth-order valence-electron chi connectivity index (χ4n) is 9.09. The van der Waals surface area contributed by atoms with Gasteiger partial charge in [-0.3, -0.25) is 0 Å². The summed E-state index contributed by atoms with van der Waals surface area (Å²) in [4.78, 5) is 0. The summed E-state index contributed by atoms with van der Waals surface area (Å²) < 4.78 is 85.1. The first-order valence-electron chi connectivity index (χ1n) is 26.2. The fourth-order valence-corrected chi connectivity index (χ4v) is 32.0. The Morgan fingerprint density at radius 1 is 0.438 bits per heavy atom. The summed E-state index contributed by atoms with van der Waals surface area (Å²) in [6.07, 6.45) is 5.81. The zero-order valence-corrected chi connectivity index (χ0v) is 51.2. The summed E-state index contributed by atoms with van der Waals surface area (Å²) in [7, 11) is -15.1. The van der Waals surface area contributed by atoms with Gasteiger partial charge in [0.2, 0.25) is 0 Å². The summed E-state index contributed by atoms with van der Waals surface area (Å²) >= 11 is 0. The second-order valence-corrected chi connectivity index (χ2v) is 36.7. The Kier molecular flexibility index (Phi) is 40.7. The van der Waals surface area contributed by atoms with Crippen LogP contribution in [0.5, 0.6) is 0 Å². The van der Waals surface area contributed by atoms with Crippen LogP contribution in [0.3, 0.4) is 0 Å². The van der Waals surface area contributed by atoms with Gasteiger partial charge in [0.05, 0.1) is 48.8 Å². The number of fused-ring (bicyclic) bond motifs is 4. The minimum atomic E-state index is -3.00. The van der Waals surface area contributed by atoms with Gasteiger partial charge in [-0.05, 0) is 179 Å². The molecule has 5 rings (SSSR count). The Hall–Kier alpha value is 0.501. The highest BCUT2D eigenvalue weighted by molar-refractivity contribution is 6.84. The van der Waals surface area contributed by atoms with Crippen molar-refractivity contribution in [1.29, 1.82) is 0 Å². The van der Waals surface area contributed by atoms with E-state index in [0.717, 1.165) is 68.7 Å². The molecule has 0 spiro atoms. The van der Waals surface area contributed by atoms with Crippen molar-refractivity contribution in [1.82, 2.24) is 0 Å². The van der Waals surface area contributed by atoms with Crippen LogP contribution in [0.15, 0.2) is 0 Å². The van der Waals surface area contributed by atoms with E-state index in [1.807, 2.05) is 48.5 Å². The predicted octanol–water partition coefficient (Wildman–Crippen LogP) is 7.32. The Labute approximate surface area is 453 Å². The molecule has 0 aromatic rings. The SMILES string of the molecule is C.C.C.C.CCO[Si](CCCN)(OCC)OC(C)C.CCO[Si]1(CCCN)O[C@@H](C)[C@@H](C)O1.C[C@@H]1O[Si@](C)(CCCN)O[Si]2(CCCN)OC1[C@@H](C)O[Si@@](C)(CCCN)O2.C[C@@H]1O[Si]2(CCCN)OC1[C@@H](C)O2. The molecule has 5 aliphatic heterocycles. The minimum Gasteiger partial charge on any atom is -0.393 e. The maximum atomic E-state index is 6.76. The van der Waals surface area contributed by atoms with Crippen molar-refractivity contribution in [3.8, 4) is 0 Å². The third kappa shape index (κ3) is 25.2. The van der Waals surface area contributed by atoms with Gasteiger partial charge in [-0.2, -0.15) is 0 Å². The van der Waals surface area contributed by atoms with E-state index in [-0.39, 0.29) is 84.6 Å². The van der Waals surface area contributed by atoms with Crippen LogP contribution in [0.2, 0.25) is 49.4 Å². The molecule has 0 aromatic carbocycles. The molecule has 5 heterocycles. The highest BCUT2D eigenvalue weighted by Gasteiger charge is 2.62. The maximum Gasteiger partial charge on any atom is 0.502 e. The van der Waals surface area contributed by atoms with Crippen molar-refractivity contribution in [2.75, 3.05) is 59.1 Å². The quantitative estimate of drug-likeness (QED) is 0.0463. The van der Waals surface area contributed by atoms with Gasteiger partial charge in [0.15, 0.2) is 0 Å². The topological polar surface area (TPSA) is 285 Å². The molecule has 12 N–H and O–H groups in total. The summed E-state index contributed by atoms with van der Waals surface area (Å²) in [5.41, 5.74) is 33.8. The third-order valence-electron chi connectivity index (χ3n) is 12.1. The van der Waals surface area contributed by atoms with Gasteiger partial charge < -0.3 is 95.7 Å². The molecule has 0 aromatic heterocycles. The number of hydrogen-bond acceptors (Lipinski definition) is 20. The molecule has 13 atom stereocenters. The molecule has 73 heavy (non-hydrogen) atoms. The Morgan fingerprint density at radius 2 is 0.795 bits per heavy atom. The average molecular weight is 1160 g/mol. The van der Waals surface area contributed by atoms with Gasteiger partial charge in [0, 0.05) is 50.1 Å². The molecule has 0 radical (unpaired) electrons. The van der Waals surface area contributed by atoms with E-state index in [4.69, 9.17) is 95.7 Å². The van der Waals surface area contributed by atoms with Crippen LogP contribution < -0.4 is 34.4 Å². The fraction of sp³-hybridized carbons (Fsp3) is 1.00.